The van der Waals surface area contributed by atoms with Crippen molar-refractivity contribution in [3.05, 3.63) is 0 Å². The molecule has 0 aromatic rings. The van der Waals surface area contributed by atoms with Crippen LogP contribution in [0.15, 0.2) is 0 Å². The van der Waals surface area contributed by atoms with Gasteiger partial charge in [0.25, 0.3) is 0 Å². The SMILES string of the molecule is CCCC(CCN)CCC(=O)NCC(C)CO. The molecule has 4 heteroatoms. The zero-order valence-electron chi connectivity index (χ0n) is 11.2. The molecule has 2 atom stereocenters. The van der Waals surface area contributed by atoms with E-state index in [0.29, 0.717) is 25.4 Å². The van der Waals surface area contributed by atoms with E-state index in [9.17, 15) is 4.79 Å². The molecule has 0 saturated heterocycles. The second-order valence-electron chi connectivity index (χ2n) is 4.86. The molecule has 1 amide bonds. The zero-order chi connectivity index (χ0) is 13.1. The van der Waals surface area contributed by atoms with Gasteiger partial charge >= 0.3 is 0 Å². The summed E-state index contributed by atoms with van der Waals surface area (Å²) in [5.74, 6) is 0.795. The molecule has 0 rings (SSSR count). The van der Waals surface area contributed by atoms with Crippen LogP contribution < -0.4 is 11.1 Å². The fourth-order valence-corrected chi connectivity index (χ4v) is 1.85. The Bertz CT molecular complexity index is 192. The Morgan fingerprint density at radius 3 is 2.59 bits per heavy atom. The smallest absolute Gasteiger partial charge is 0.220 e. The minimum Gasteiger partial charge on any atom is -0.396 e. The Labute approximate surface area is 105 Å². The Kier molecular flexibility index (Phi) is 10.2. The van der Waals surface area contributed by atoms with Gasteiger partial charge in [-0.3, -0.25) is 4.79 Å². The van der Waals surface area contributed by atoms with Crippen molar-refractivity contribution in [1.29, 1.82) is 0 Å². The number of aliphatic hydroxyl groups is 1. The summed E-state index contributed by atoms with van der Waals surface area (Å²) in [4.78, 5) is 11.6. The number of nitrogens with two attached hydrogens (primary N) is 1. The molecule has 0 saturated carbocycles. The van der Waals surface area contributed by atoms with E-state index < -0.39 is 0 Å². The number of carbonyl (C=O) groups excluding carboxylic acids is 1. The summed E-state index contributed by atoms with van der Waals surface area (Å²) in [6, 6.07) is 0. The second kappa shape index (κ2) is 10.5. The van der Waals surface area contributed by atoms with E-state index >= 15 is 0 Å². The summed E-state index contributed by atoms with van der Waals surface area (Å²) in [6.45, 7) is 5.45. The van der Waals surface area contributed by atoms with Gasteiger partial charge in [0, 0.05) is 19.6 Å². The molecular weight excluding hydrogens is 216 g/mol. The monoisotopic (exact) mass is 244 g/mol. The highest BCUT2D eigenvalue weighted by Crippen LogP contribution is 2.16. The first-order valence-electron chi connectivity index (χ1n) is 6.71. The lowest BCUT2D eigenvalue weighted by molar-refractivity contribution is -0.121. The Balaban J connectivity index is 3.71. The summed E-state index contributed by atoms with van der Waals surface area (Å²) in [5.41, 5.74) is 5.55. The quantitative estimate of drug-likeness (QED) is 0.542. The van der Waals surface area contributed by atoms with Crippen molar-refractivity contribution in [2.24, 2.45) is 17.6 Å². The molecule has 4 N–H and O–H groups in total. The molecule has 0 aliphatic carbocycles. The molecule has 2 unspecified atom stereocenters. The molecule has 0 radical (unpaired) electrons. The van der Waals surface area contributed by atoms with Gasteiger partial charge in [-0.15, -0.1) is 0 Å². The van der Waals surface area contributed by atoms with Crippen LogP contribution in [0.25, 0.3) is 0 Å². The summed E-state index contributed by atoms with van der Waals surface area (Å²) in [7, 11) is 0. The van der Waals surface area contributed by atoms with Crippen molar-refractivity contribution in [1.82, 2.24) is 5.32 Å². The van der Waals surface area contributed by atoms with Crippen LogP contribution in [0.5, 0.6) is 0 Å². The van der Waals surface area contributed by atoms with Gasteiger partial charge in [-0.1, -0.05) is 26.7 Å². The number of hydrogen-bond donors (Lipinski definition) is 3. The standard InChI is InChI=1S/C13H28N2O2/c1-3-4-12(7-8-14)5-6-13(17)15-9-11(2)10-16/h11-12,16H,3-10,14H2,1-2H3,(H,15,17). The number of rotatable bonds is 10. The van der Waals surface area contributed by atoms with Crippen LogP contribution in [0.2, 0.25) is 0 Å². The molecule has 0 aromatic heterocycles. The van der Waals surface area contributed by atoms with Crippen molar-refractivity contribution < 1.29 is 9.90 Å². The van der Waals surface area contributed by atoms with E-state index in [1.807, 2.05) is 6.92 Å². The number of hydrogen-bond acceptors (Lipinski definition) is 3. The van der Waals surface area contributed by atoms with Gasteiger partial charge < -0.3 is 16.2 Å². The molecule has 0 bridgehead atoms. The maximum atomic E-state index is 11.6. The van der Waals surface area contributed by atoms with Crippen molar-refractivity contribution in [2.75, 3.05) is 19.7 Å². The lowest BCUT2D eigenvalue weighted by Crippen LogP contribution is -2.29. The lowest BCUT2D eigenvalue weighted by atomic mass is 9.94. The van der Waals surface area contributed by atoms with E-state index in [4.69, 9.17) is 10.8 Å². The van der Waals surface area contributed by atoms with Gasteiger partial charge in [0.2, 0.25) is 5.91 Å². The predicted molar refractivity (Wildman–Crippen MR) is 70.6 cm³/mol. The van der Waals surface area contributed by atoms with E-state index in [0.717, 1.165) is 25.7 Å². The van der Waals surface area contributed by atoms with E-state index in [1.165, 1.54) is 0 Å². The maximum Gasteiger partial charge on any atom is 0.220 e. The van der Waals surface area contributed by atoms with E-state index in [1.54, 1.807) is 0 Å². The minimum absolute atomic E-state index is 0.0865. The maximum absolute atomic E-state index is 11.6. The average molecular weight is 244 g/mol. The van der Waals surface area contributed by atoms with Gasteiger partial charge in [0.15, 0.2) is 0 Å². The van der Waals surface area contributed by atoms with Crippen LogP contribution in [-0.4, -0.2) is 30.7 Å². The molecule has 0 aromatic carbocycles. The third-order valence-electron chi connectivity index (χ3n) is 3.01. The Morgan fingerprint density at radius 2 is 2.06 bits per heavy atom. The molecule has 102 valence electrons. The Hall–Kier alpha value is -0.610. The van der Waals surface area contributed by atoms with Gasteiger partial charge in [-0.2, -0.15) is 0 Å². The molecule has 0 aliphatic heterocycles. The minimum atomic E-state index is 0.0865. The number of amides is 1. The first-order valence-corrected chi connectivity index (χ1v) is 6.71. The lowest BCUT2D eigenvalue weighted by Gasteiger charge is -2.15. The largest absolute Gasteiger partial charge is 0.396 e. The first-order chi connectivity index (χ1) is 8.13. The number of carbonyl (C=O) groups is 1. The molecule has 17 heavy (non-hydrogen) atoms. The van der Waals surface area contributed by atoms with E-state index in [2.05, 4.69) is 12.2 Å². The van der Waals surface area contributed by atoms with Crippen molar-refractivity contribution in [2.45, 2.75) is 46.0 Å². The highest BCUT2D eigenvalue weighted by atomic mass is 16.3. The third-order valence-corrected chi connectivity index (χ3v) is 3.01. The van der Waals surface area contributed by atoms with Crippen LogP contribution in [0.3, 0.4) is 0 Å². The van der Waals surface area contributed by atoms with E-state index in [-0.39, 0.29) is 18.4 Å². The molecule has 0 fully saturated rings. The predicted octanol–water partition coefficient (Wildman–Crippen LogP) is 1.28. The fraction of sp³-hybridized carbons (Fsp3) is 0.923. The number of nitrogens with one attached hydrogen (secondary N) is 1. The molecule has 0 aliphatic rings. The van der Waals surface area contributed by atoms with Crippen LogP contribution in [-0.2, 0) is 4.79 Å². The van der Waals surface area contributed by atoms with Gasteiger partial charge in [0.05, 0.1) is 0 Å². The number of aliphatic hydroxyl groups excluding tert-OH is 1. The van der Waals surface area contributed by atoms with Crippen LogP contribution in [0.4, 0.5) is 0 Å². The van der Waals surface area contributed by atoms with Crippen molar-refractivity contribution in [3.8, 4) is 0 Å². The van der Waals surface area contributed by atoms with Gasteiger partial charge in [-0.25, -0.2) is 0 Å². The molecule has 4 nitrogen and oxygen atoms in total. The van der Waals surface area contributed by atoms with Crippen molar-refractivity contribution in [3.63, 3.8) is 0 Å². The van der Waals surface area contributed by atoms with Crippen LogP contribution in [0, 0.1) is 11.8 Å². The van der Waals surface area contributed by atoms with Crippen LogP contribution >= 0.6 is 0 Å². The summed E-state index contributed by atoms with van der Waals surface area (Å²) in [6.07, 6.45) is 4.80. The molecule has 0 spiro atoms. The van der Waals surface area contributed by atoms with Crippen LogP contribution in [0.1, 0.15) is 46.0 Å². The first kappa shape index (κ1) is 16.4. The second-order valence-corrected chi connectivity index (χ2v) is 4.86. The summed E-state index contributed by atoms with van der Waals surface area (Å²) in [5, 5.41) is 11.7. The fourth-order valence-electron chi connectivity index (χ4n) is 1.85. The average Bonchev–Trinajstić information content (AvgIpc) is 2.33. The third kappa shape index (κ3) is 9.12. The van der Waals surface area contributed by atoms with Crippen molar-refractivity contribution >= 4 is 5.91 Å². The zero-order valence-corrected chi connectivity index (χ0v) is 11.2. The topological polar surface area (TPSA) is 75.4 Å². The summed E-state index contributed by atoms with van der Waals surface area (Å²) < 4.78 is 0. The highest BCUT2D eigenvalue weighted by Gasteiger charge is 2.10. The highest BCUT2D eigenvalue weighted by molar-refractivity contribution is 5.75. The molecular formula is C13H28N2O2. The molecule has 0 heterocycles. The summed E-state index contributed by atoms with van der Waals surface area (Å²) >= 11 is 0. The van der Waals surface area contributed by atoms with Gasteiger partial charge in [-0.05, 0) is 31.2 Å². The van der Waals surface area contributed by atoms with Gasteiger partial charge in [0.1, 0.15) is 0 Å². The Morgan fingerprint density at radius 1 is 1.35 bits per heavy atom. The normalized spacial score (nSPS) is 14.4.